The Morgan fingerprint density at radius 2 is 2.23 bits per heavy atom. The molecular weight excluding hydrogens is 324 g/mol. The van der Waals surface area contributed by atoms with Crippen molar-refractivity contribution in [2.75, 3.05) is 23.3 Å². The van der Waals surface area contributed by atoms with E-state index in [4.69, 9.17) is 11.6 Å². The van der Waals surface area contributed by atoms with Crippen LogP contribution in [0.2, 0.25) is 5.15 Å². The van der Waals surface area contributed by atoms with Crippen molar-refractivity contribution in [2.24, 2.45) is 5.92 Å². The zero-order chi connectivity index (χ0) is 15.5. The first-order valence-electron chi connectivity index (χ1n) is 6.97. The second-order valence-electron chi connectivity index (χ2n) is 5.11. The molecule has 1 aliphatic heterocycles. The molecule has 0 aliphatic carbocycles. The smallest absolute Gasteiger partial charge is 0.231 e. The van der Waals surface area contributed by atoms with Crippen molar-refractivity contribution in [2.45, 2.75) is 19.8 Å². The maximum atomic E-state index is 12.4. The summed E-state index contributed by atoms with van der Waals surface area (Å²) in [6.45, 7) is 3.33. The number of carbonyl (C=O) groups is 1. The Bertz CT molecular complexity index is 661. The lowest BCUT2D eigenvalue weighted by Gasteiger charge is -2.32. The predicted molar refractivity (Wildman–Crippen MR) is 85.3 cm³/mol. The molecule has 3 heterocycles. The van der Waals surface area contributed by atoms with E-state index >= 15 is 0 Å². The molecule has 0 radical (unpaired) electrons. The molecule has 1 saturated heterocycles. The Morgan fingerprint density at radius 3 is 2.91 bits per heavy atom. The number of anilines is 2. The zero-order valence-electron chi connectivity index (χ0n) is 12.0. The number of aromatic nitrogens is 4. The van der Waals surface area contributed by atoms with Crippen LogP contribution in [-0.4, -0.2) is 39.4 Å². The van der Waals surface area contributed by atoms with Gasteiger partial charge in [-0.3, -0.25) is 4.79 Å². The molecule has 1 aliphatic rings. The maximum absolute atomic E-state index is 12.4. The first kappa shape index (κ1) is 15.1. The van der Waals surface area contributed by atoms with E-state index in [1.807, 2.05) is 13.0 Å². The third-order valence-corrected chi connectivity index (χ3v) is 4.45. The van der Waals surface area contributed by atoms with Crippen LogP contribution in [0.15, 0.2) is 12.1 Å². The van der Waals surface area contributed by atoms with E-state index in [0.29, 0.717) is 16.8 Å². The topological polar surface area (TPSA) is 83.9 Å². The molecule has 1 atom stereocenters. The van der Waals surface area contributed by atoms with E-state index in [1.54, 1.807) is 6.07 Å². The lowest BCUT2D eigenvalue weighted by atomic mass is 9.97. The van der Waals surface area contributed by atoms with Crippen LogP contribution in [0.4, 0.5) is 10.9 Å². The summed E-state index contributed by atoms with van der Waals surface area (Å²) in [5.41, 5.74) is 0. The van der Waals surface area contributed by atoms with Crippen LogP contribution in [-0.2, 0) is 4.79 Å². The predicted octanol–water partition coefficient (Wildman–Crippen LogP) is 2.15. The van der Waals surface area contributed by atoms with Crippen LogP contribution in [0.3, 0.4) is 0 Å². The van der Waals surface area contributed by atoms with Gasteiger partial charge in [-0.2, -0.15) is 0 Å². The number of hydrogen-bond donors (Lipinski definition) is 1. The molecule has 1 N–H and O–H groups in total. The minimum Gasteiger partial charge on any atom is -0.354 e. The summed E-state index contributed by atoms with van der Waals surface area (Å²) < 4.78 is 0. The number of nitrogens with zero attached hydrogens (tertiary/aromatic N) is 5. The number of nitrogens with one attached hydrogen (secondary N) is 1. The lowest BCUT2D eigenvalue weighted by molar-refractivity contribution is -0.120. The van der Waals surface area contributed by atoms with Gasteiger partial charge in [-0.25, -0.2) is 0 Å². The van der Waals surface area contributed by atoms with E-state index in [9.17, 15) is 4.79 Å². The van der Waals surface area contributed by atoms with Gasteiger partial charge in [0.15, 0.2) is 11.0 Å². The lowest BCUT2D eigenvalue weighted by Crippen LogP contribution is -2.41. The number of piperidine rings is 1. The largest absolute Gasteiger partial charge is 0.354 e. The van der Waals surface area contributed by atoms with Crippen molar-refractivity contribution in [3.63, 3.8) is 0 Å². The van der Waals surface area contributed by atoms with Crippen LogP contribution in [0.5, 0.6) is 0 Å². The fraction of sp³-hybridized carbons (Fsp3) is 0.462. The second kappa shape index (κ2) is 6.53. The van der Waals surface area contributed by atoms with Crippen molar-refractivity contribution in [1.82, 2.24) is 20.4 Å². The van der Waals surface area contributed by atoms with Gasteiger partial charge >= 0.3 is 0 Å². The average molecular weight is 339 g/mol. The molecule has 2 aromatic heterocycles. The molecule has 0 aromatic carbocycles. The van der Waals surface area contributed by atoms with Crippen LogP contribution in [0, 0.1) is 12.8 Å². The van der Waals surface area contributed by atoms with Crippen molar-refractivity contribution < 1.29 is 4.79 Å². The number of hydrogen-bond acceptors (Lipinski definition) is 7. The molecule has 3 rings (SSSR count). The summed E-state index contributed by atoms with van der Waals surface area (Å²) in [6.07, 6.45) is 1.78. The molecule has 22 heavy (non-hydrogen) atoms. The number of aryl methyl sites for hydroxylation is 1. The molecule has 0 bridgehead atoms. The van der Waals surface area contributed by atoms with Crippen molar-refractivity contribution in [3.8, 4) is 0 Å². The van der Waals surface area contributed by atoms with Gasteiger partial charge in [0, 0.05) is 13.1 Å². The van der Waals surface area contributed by atoms with Crippen molar-refractivity contribution in [3.05, 3.63) is 22.3 Å². The number of carbonyl (C=O) groups excluding carboxylic acids is 1. The van der Waals surface area contributed by atoms with E-state index in [1.165, 1.54) is 11.3 Å². The molecule has 0 saturated carbocycles. The molecular formula is C13H15ClN6OS. The second-order valence-corrected chi connectivity index (χ2v) is 6.68. The first-order chi connectivity index (χ1) is 10.6. The Labute approximate surface area is 136 Å². The van der Waals surface area contributed by atoms with Gasteiger partial charge in [0.25, 0.3) is 0 Å². The fourth-order valence-electron chi connectivity index (χ4n) is 2.43. The van der Waals surface area contributed by atoms with Gasteiger partial charge in [0.1, 0.15) is 5.01 Å². The van der Waals surface area contributed by atoms with Crippen LogP contribution in [0.25, 0.3) is 0 Å². The zero-order valence-corrected chi connectivity index (χ0v) is 13.6. The summed E-state index contributed by atoms with van der Waals surface area (Å²) in [6, 6.07) is 3.53. The monoisotopic (exact) mass is 338 g/mol. The molecule has 9 heteroatoms. The van der Waals surface area contributed by atoms with Gasteiger partial charge in [0.2, 0.25) is 11.0 Å². The van der Waals surface area contributed by atoms with E-state index in [0.717, 1.165) is 30.2 Å². The minimum atomic E-state index is -0.101. The summed E-state index contributed by atoms with van der Waals surface area (Å²) in [5, 5.41) is 20.3. The van der Waals surface area contributed by atoms with Gasteiger partial charge < -0.3 is 10.2 Å². The molecule has 7 nitrogen and oxygen atoms in total. The summed E-state index contributed by atoms with van der Waals surface area (Å²) in [7, 11) is 0. The number of amides is 1. The van der Waals surface area contributed by atoms with Crippen molar-refractivity contribution in [1.29, 1.82) is 0 Å². The van der Waals surface area contributed by atoms with Gasteiger partial charge in [-0.05, 0) is 31.9 Å². The quantitative estimate of drug-likeness (QED) is 0.923. The molecule has 1 fully saturated rings. The Balaban J connectivity index is 1.64. The van der Waals surface area contributed by atoms with Crippen LogP contribution >= 0.6 is 22.9 Å². The fourth-order valence-corrected chi connectivity index (χ4v) is 3.13. The minimum absolute atomic E-state index is 0.0252. The van der Waals surface area contributed by atoms with E-state index in [2.05, 4.69) is 30.6 Å². The summed E-state index contributed by atoms with van der Waals surface area (Å²) in [4.78, 5) is 14.4. The van der Waals surface area contributed by atoms with Gasteiger partial charge in [0.05, 0.1) is 5.92 Å². The molecule has 116 valence electrons. The third-order valence-electron chi connectivity index (χ3n) is 3.49. The van der Waals surface area contributed by atoms with E-state index in [-0.39, 0.29) is 11.8 Å². The highest BCUT2D eigenvalue weighted by molar-refractivity contribution is 7.15. The highest BCUT2D eigenvalue weighted by Gasteiger charge is 2.27. The molecule has 1 amide bonds. The highest BCUT2D eigenvalue weighted by Crippen LogP contribution is 2.23. The Kier molecular flexibility index (Phi) is 4.49. The molecule has 0 unspecified atom stereocenters. The highest BCUT2D eigenvalue weighted by atomic mass is 35.5. The summed E-state index contributed by atoms with van der Waals surface area (Å²) >= 11 is 7.13. The molecule has 2 aromatic rings. The van der Waals surface area contributed by atoms with Crippen molar-refractivity contribution >= 4 is 39.8 Å². The SMILES string of the molecule is Cc1nnc(NC(=O)[C@H]2CCCN(c3ccc(Cl)nn3)C2)s1. The van der Waals surface area contributed by atoms with Crippen LogP contribution < -0.4 is 10.2 Å². The maximum Gasteiger partial charge on any atom is 0.231 e. The van der Waals surface area contributed by atoms with Gasteiger partial charge in [-0.15, -0.1) is 20.4 Å². The van der Waals surface area contributed by atoms with Crippen LogP contribution in [0.1, 0.15) is 17.8 Å². The third kappa shape index (κ3) is 3.50. The standard InChI is InChI=1S/C13H15ClN6OS/c1-8-16-19-13(22-8)15-12(21)9-3-2-6-20(7-9)11-5-4-10(14)17-18-11/h4-5,9H,2-3,6-7H2,1H3,(H,15,19,21)/t9-/m0/s1. The number of rotatable bonds is 3. The number of halogens is 1. The Morgan fingerprint density at radius 1 is 1.36 bits per heavy atom. The Hall–Kier alpha value is -1.80. The summed E-state index contributed by atoms with van der Waals surface area (Å²) in [5.74, 6) is 0.617. The molecule has 0 spiro atoms. The average Bonchev–Trinajstić information content (AvgIpc) is 2.93. The van der Waals surface area contributed by atoms with E-state index < -0.39 is 0 Å². The normalized spacial score (nSPS) is 18.3. The van der Waals surface area contributed by atoms with Gasteiger partial charge in [-0.1, -0.05) is 22.9 Å². The first-order valence-corrected chi connectivity index (χ1v) is 8.16.